The molecule has 0 fully saturated rings. The van der Waals surface area contributed by atoms with Crippen LogP contribution in [0.3, 0.4) is 0 Å². The molecule has 1 N–H and O–H groups in total. The van der Waals surface area contributed by atoms with E-state index in [4.69, 9.17) is 4.74 Å². The second-order valence-electron chi connectivity index (χ2n) is 7.18. The number of benzene rings is 2. The number of anilines is 1. The van der Waals surface area contributed by atoms with E-state index in [1.54, 1.807) is 10.3 Å². The van der Waals surface area contributed by atoms with Gasteiger partial charge in [-0.1, -0.05) is 50.2 Å². The highest BCUT2D eigenvalue weighted by molar-refractivity contribution is 7.09. The maximum atomic E-state index is 13.1. The summed E-state index contributed by atoms with van der Waals surface area (Å²) in [5.41, 5.74) is 1.04. The Morgan fingerprint density at radius 3 is 2.69 bits per heavy atom. The molecule has 0 radical (unpaired) electrons. The van der Waals surface area contributed by atoms with Crippen molar-refractivity contribution in [2.75, 3.05) is 19.0 Å². The number of nitrogens with one attached hydrogen (secondary N) is 1. The van der Waals surface area contributed by atoms with Crippen LogP contribution < -0.4 is 5.32 Å². The summed E-state index contributed by atoms with van der Waals surface area (Å²) in [7, 11) is 1.33. The van der Waals surface area contributed by atoms with Gasteiger partial charge in [0, 0.05) is 17.3 Å². The monoisotopic (exact) mass is 411 g/mol. The molecule has 0 aliphatic rings. The van der Waals surface area contributed by atoms with E-state index in [1.807, 2.05) is 42.5 Å². The number of aromatic nitrogens is 1. The zero-order chi connectivity index (χ0) is 20.8. The molecular formula is C22H25N3O3S. The van der Waals surface area contributed by atoms with Gasteiger partial charge in [0.1, 0.15) is 5.01 Å². The van der Waals surface area contributed by atoms with Crippen LogP contribution in [0.25, 0.3) is 10.8 Å². The molecule has 3 rings (SSSR count). The van der Waals surface area contributed by atoms with Crippen LogP contribution in [0, 0.1) is 5.92 Å². The quantitative estimate of drug-likeness (QED) is 0.545. The molecule has 3 aromatic rings. The molecule has 0 unspecified atom stereocenters. The summed E-state index contributed by atoms with van der Waals surface area (Å²) in [5.74, 6) is -0.00813. The zero-order valence-corrected chi connectivity index (χ0v) is 17.7. The van der Waals surface area contributed by atoms with Gasteiger partial charge >= 0.3 is 12.0 Å². The number of amides is 2. The Morgan fingerprint density at radius 1 is 1.17 bits per heavy atom. The number of nitrogens with zero attached hydrogens (tertiary/aromatic N) is 2. The van der Waals surface area contributed by atoms with Crippen LogP contribution in [0.5, 0.6) is 0 Å². The molecule has 29 heavy (non-hydrogen) atoms. The summed E-state index contributed by atoms with van der Waals surface area (Å²) >= 11 is 1.35. The van der Waals surface area contributed by atoms with Crippen molar-refractivity contribution in [3.63, 3.8) is 0 Å². The summed E-state index contributed by atoms with van der Waals surface area (Å²) in [6, 6.07) is 13.6. The molecule has 1 aromatic heterocycles. The van der Waals surface area contributed by atoms with Gasteiger partial charge in [0.2, 0.25) is 0 Å². The lowest BCUT2D eigenvalue weighted by Crippen LogP contribution is -2.35. The minimum Gasteiger partial charge on any atom is -0.464 e. The van der Waals surface area contributed by atoms with Crippen LogP contribution >= 0.6 is 11.3 Å². The number of urea groups is 1. The van der Waals surface area contributed by atoms with Crippen LogP contribution in [0.2, 0.25) is 0 Å². The summed E-state index contributed by atoms with van der Waals surface area (Å²) in [6.45, 7) is 5.19. The molecule has 0 atom stereocenters. The maximum Gasteiger partial charge on any atom is 0.357 e. The Balaban J connectivity index is 1.79. The van der Waals surface area contributed by atoms with Crippen LogP contribution in [-0.4, -0.2) is 35.5 Å². The highest BCUT2D eigenvalue weighted by atomic mass is 32.1. The predicted octanol–water partition coefficient (Wildman–Crippen LogP) is 5.16. The molecule has 0 saturated carbocycles. The number of esters is 1. The number of thiazole rings is 1. The average Bonchev–Trinajstić information content (AvgIpc) is 3.19. The number of rotatable bonds is 7. The van der Waals surface area contributed by atoms with E-state index in [9.17, 15) is 9.59 Å². The third-order valence-electron chi connectivity index (χ3n) is 4.57. The van der Waals surface area contributed by atoms with Gasteiger partial charge in [-0.3, -0.25) is 0 Å². The van der Waals surface area contributed by atoms with Crippen LogP contribution in [0.1, 0.15) is 35.8 Å². The summed E-state index contributed by atoms with van der Waals surface area (Å²) < 4.78 is 4.71. The summed E-state index contributed by atoms with van der Waals surface area (Å²) in [4.78, 5) is 30.8. The van der Waals surface area contributed by atoms with Crippen molar-refractivity contribution >= 4 is 39.8 Å². The number of hydrogen-bond donors (Lipinski definition) is 1. The van der Waals surface area contributed by atoms with E-state index in [-0.39, 0.29) is 11.7 Å². The number of ether oxygens (including phenoxy) is 1. The Bertz CT molecular complexity index is 994. The van der Waals surface area contributed by atoms with Crippen molar-refractivity contribution in [2.45, 2.75) is 26.8 Å². The van der Waals surface area contributed by atoms with Gasteiger partial charge in [-0.2, -0.15) is 0 Å². The van der Waals surface area contributed by atoms with E-state index in [0.717, 1.165) is 22.9 Å². The van der Waals surface area contributed by atoms with Crippen molar-refractivity contribution in [1.29, 1.82) is 0 Å². The van der Waals surface area contributed by atoms with Crippen LogP contribution in [-0.2, 0) is 11.3 Å². The number of carbonyl (C=O) groups is 2. The van der Waals surface area contributed by atoms with Gasteiger partial charge in [0.25, 0.3) is 0 Å². The third kappa shape index (κ3) is 5.32. The van der Waals surface area contributed by atoms with Gasteiger partial charge in [0.15, 0.2) is 5.69 Å². The minimum absolute atomic E-state index is 0.183. The highest BCUT2D eigenvalue weighted by Gasteiger charge is 2.19. The second-order valence-corrected chi connectivity index (χ2v) is 8.12. The molecule has 7 heteroatoms. The fourth-order valence-electron chi connectivity index (χ4n) is 2.94. The Morgan fingerprint density at radius 2 is 1.93 bits per heavy atom. The lowest BCUT2D eigenvalue weighted by atomic mass is 10.1. The number of fused-ring (bicyclic) bond motifs is 1. The highest BCUT2D eigenvalue weighted by Crippen LogP contribution is 2.24. The first-order chi connectivity index (χ1) is 14.0. The first-order valence-corrected chi connectivity index (χ1v) is 10.4. The fraction of sp³-hybridized carbons (Fsp3) is 0.318. The molecule has 0 aliphatic carbocycles. The molecule has 0 aliphatic heterocycles. The largest absolute Gasteiger partial charge is 0.464 e. The molecule has 152 valence electrons. The fourth-order valence-corrected chi connectivity index (χ4v) is 3.72. The van der Waals surface area contributed by atoms with Crippen molar-refractivity contribution < 1.29 is 14.3 Å². The van der Waals surface area contributed by atoms with E-state index < -0.39 is 5.97 Å². The minimum atomic E-state index is -0.471. The maximum absolute atomic E-state index is 13.1. The molecule has 2 amide bonds. The lowest BCUT2D eigenvalue weighted by molar-refractivity contribution is 0.0594. The van der Waals surface area contributed by atoms with Gasteiger partial charge in [-0.15, -0.1) is 11.3 Å². The molecule has 2 aromatic carbocycles. The smallest absolute Gasteiger partial charge is 0.357 e. The van der Waals surface area contributed by atoms with Crippen molar-refractivity contribution in [3.8, 4) is 0 Å². The van der Waals surface area contributed by atoms with Gasteiger partial charge in [0.05, 0.1) is 19.3 Å². The molecule has 1 heterocycles. The third-order valence-corrected chi connectivity index (χ3v) is 5.40. The van der Waals surface area contributed by atoms with Crippen molar-refractivity contribution in [3.05, 3.63) is 58.5 Å². The van der Waals surface area contributed by atoms with Crippen LogP contribution in [0.4, 0.5) is 10.5 Å². The molecule has 0 saturated heterocycles. The van der Waals surface area contributed by atoms with Gasteiger partial charge in [-0.25, -0.2) is 14.6 Å². The summed E-state index contributed by atoms with van der Waals surface area (Å²) in [6.07, 6.45) is 0.873. The van der Waals surface area contributed by atoms with E-state index in [2.05, 4.69) is 24.1 Å². The topological polar surface area (TPSA) is 71.5 Å². The van der Waals surface area contributed by atoms with E-state index >= 15 is 0 Å². The zero-order valence-electron chi connectivity index (χ0n) is 16.8. The molecule has 0 spiro atoms. The van der Waals surface area contributed by atoms with Gasteiger partial charge in [-0.05, 0) is 23.8 Å². The van der Waals surface area contributed by atoms with E-state index in [0.29, 0.717) is 24.0 Å². The lowest BCUT2D eigenvalue weighted by Gasteiger charge is -2.23. The standard InChI is InChI=1S/C22H25N3O3S/c1-15(2)11-12-25(13-20-23-19(14-29-20)21(26)28-3)22(27)24-18-10-6-8-16-7-4-5-9-17(16)18/h4-10,14-15H,11-13H2,1-3H3,(H,24,27). The Labute approximate surface area is 174 Å². The van der Waals surface area contributed by atoms with Crippen molar-refractivity contribution in [1.82, 2.24) is 9.88 Å². The molecular weight excluding hydrogens is 386 g/mol. The Kier molecular flexibility index (Phi) is 6.82. The Hall–Kier alpha value is -2.93. The van der Waals surface area contributed by atoms with E-state index in [1.165, 1.54) is 18.4 Å². The van der Waals surface area contributed by atoms with Crippen LogP contribution in [0.15, 0.2) is 47.8 Å². The normalized spacial score (nSPS) is 10.9. The average molecular weight is 412 g/mol. The second kappa shape index (κ2) is 9.52. The molecule has 6 nitrogen and oxygen atoms in total. The van der Waals surface area contributed by atoms with Crippen molar-refractivity contribution in [2.24, 2.45) is 5.92 Å². The SMILES string of the molecule is COC(=O)c1csc(CN(CCC(C)C)C(=O)Nc2cccc3ccccc23)n1. The molecule has 0 bridgehead atoms. The first-order valence-electron chi connectivity index (χ1n) is 9.54. The first kappa shape index (κ1) is 20.8. The number of carbonyl (C=O) groups excluding carboxylic acids is 2. The number of hydrogen-bond acceptors (Lipinski definition) is 5. The van der Waals surface area contributed by atoms with Gasteiger partial charge < -0.3 is 15.0 Å². The number of methoxy groups -OCH3 is 1. The summed E-state index contributed by atoms with van der Waals surface area (Å²) in [5, 5.41) is 7.46. The predicted molar refractivity (Wildman–Crippen MR) is 116 cm³/mol.